The molecule has 2 amide bonds. The van der Waals surface area contributed by atoms with Gasteiger partial charge in [0.2, 0.25) is 0 Å². The normalized spacial score (nSPS) is 21.2. The molecular weight excluding hydrogens is 232 g/mol. The molecule has 2 saturated carbocycles. The van der Waals surface area contributed by atoms with Gasteiger partial charge in [-0.15, -0.1) is 0 Å². The molecule has 102 valence electrons. The molecule has 0 aromatic carbocycles. The van der Waals surface area contributed by atoms with E-state index in [1.54, 1.807) is 0 Å². The van der Waals surface area contributed by atoms with E-state index in [1.165, 1.54) is 0 Å². The fourth-order valence-electron chi connectivity index (χ4n) is 2.43. The number of carbonyl (C=O) groups excluding carboxylic acids is 1. The predicted octanol–water partition coefficient (Wildman–Crippen LogP) is 1.73. The smallest absolute Gasteiger partial charge is 0.315 e. The highest BCUT2D eigenvalue weighted by molar-refractivity contribution is 5.76. The Hall–Kier alpha value is -1.26. The Kier molecular flexibility index (Phi) is 3.50. The molecule has 0 aliphatic heterocycles. The number of carboxylic acids is 1. The first-order chi connectivity index (χ1) is 8.38. The van der Waals surface area contributed by atoms with Crippen molar-refractivity contribution in [1.29, 1.82) is 0 Å². The molecule has 0 radical (unpaired) electrons. The number of aliphatic carboxylic acids is 1. The van der Waals surface area contributed by atoms with Crippen LogP contribution in [0.4, 0.5) is 4.79 Å². The van der Waals surface area contributed by atoms with Crippen LogP contribution in [0.1, 0.15) is 46.0 Å². The highest BCUT2D eigenvalue weighted by Crippen LogP contribution is 2.39. The summed E-state index contributed by atoms with van der Waals surface area (Å²) in [6, 6.07) is -0.456. The maximum atomic E-state index is 11.9. The molecule has 2 fully saturated rings. The molecule has 0 aromatic heterocycles. The van der Waals surface area contributed by atoms with Gasteiger partial charge in [0.15, 0.2) is 0 Å². The third-order valence-electron chi connectivity index (χ3n) is 3.94. The molecule has 0 bridgehead atoms. The summed E-state index contributed by atoms with van der Waals surface area (Å²) in [4.78, 5) is 22.7. The summed E-state index contributed by atoms with van der Waals surface area (Å²) in [5.74, 6) is 0.0478. The lowest BCUT2D eigenvalue weighted by Gasteiger charge is -2.27. The molecule has 2 aliphatic rings. The van der Waals surface area contributed by atoms with Crippen molar-refractivity contribution in [2.75, 3.05) is 0 Å². The Balaban J connectivity index is 1.82. The topological polar surface area (TPSA) is 78.4 Å². The number of carbonyl (C=O) groups is 2. The van der Waals surface area contributed by atoms with Crippen LogP contribution in [0.2, 0.25) is 0 Å². The highest BCUT2D eigenvalue weighted by atomic mass is 16.4. The van der Waals surface area contributed by atoms with E-state index >= 15 is 0 Å². The summed E-state index contributed by atoms with van der Waals surface area (Å²) in [6.07, 6.45) is 4.37. The van der Waals surface area contributed by atoms with Crippen molar-refractivity contribution in [3.8, 4) is 0 Å². The van der Waals surface area contributed by atoms with Gasteiger partial charge in [-0.3, -0.25) is 4.79 Å². The number of rotatable bonds is 6. The second-order valence-corrected chi connectivity index (χ2v) is 6.14. The quantitative estimate of drug-likeness (QED) is 0.675. The van der Waals surface area contributed by atoms with Gasteiger partial charge < -0.3 is 15.7 Å². The van der Waals surface area contributed by atoms with Crippen LogP contribution in [-0.4, -0.2) is 28.7 Å². The minimum atomic E-state index is -0.853. The molecule has 5 nitrogen and oxygen atoms in total. The SMILES string of the molecule is CC(C)(NC(=O)NC(CC(=O)O)C1CC1)C1CC1. The van der Waals surface area contributed by atoms with Gasteiger partial charge in [-0.05, 0) is 51.4 Å². The average molecular weight is 254 g/mol. The Labute approximate surface area is 107 Å². The number of carboxylic acid groups (broad SMARTS) is 1. The molecule has 5 heteroatoms. The first-order valence-corrected chi connectivity index (χ1v) is 6.69. The lowest BCUT2D eigenvalue weighted by atomic mass is 9.99. The third-order valence-corrected chi connectivity index (χ3v) is 3.94. The van der Waals surface area contributed by atoms with Gasteiger partial charge in [0, 0.05) is 11.6 Å². The number of urea groups is 1. The first-order valence-electron chi connectivity index (χ1n) is 6.69. The first kappa shape index (κ1) is 13.2. The molecule has 0 saturated heterocycles. The summed E-state index contributed by atoms with van der Waals surface area (Å²) in [7, 11) is 0. The number of nitrogens with one attached hydrogen (secondary N) is 2. The lowest BCUT2D eigenvalue weighted by molar-refractivity contribution is -0.137. The zero-order chi connectivity index (χ0) is 13.3. The van der Waals surface area contributed by atoms with E-state index in [-0.39, 0.29) is 24.0 Å². The van der Waals surface area contributed by atoms with Gasteiger partial charge in [-0.25, -0.2) is 4.79 Å². The minimum absolute atomic E-state index is 0.0158. The zero-order valence-corrected chi connectivity index (χ0v) is 11.0. The fraction of sp³-hybridized carbons (Fsp3) is 0.846. The molecule has 2 rings (SSSR count). The van der Waals surface area contributed by atoms with Crippen LogP contribution in [0.25, 0.3) is 0 Å². The summed E-state index contributed by atoms with van der Waals surface area (Å²) in [5, 5.41) is 14.6. The van der Waals surface area contributed by atoms with Gasteiger partial charge in [0.05, 0.1) is 6.42 Å². The monoisotopic (exact) mass is 254 g/mol. The fourth-order valence-corrected chi connectivity index (χ4v) is 2.43. The largest absolute Gasteiger partial charge is 0.481 e. The number of amides is 2. The Morgan fingerprint density at radius 2 is 1.89 bits per heavy atom. The van der Waals surface area contributed by atoms with Crippen LogP contribution in [0.15, 0.2) is 0 Å². The van der Waals surface area contributed by atoms with Crippen LogP contribution in [-0.2, 0) is 4.79 Å². The van der Waals surface area contributed by atoms with Crippen molar-refractivity contribution in [2.24, 2.45) is 11.8 Å². The molecular formula is C13H22N2O3. The predicted molar refractivity (Wildman–Crippen MR) is 67.2 cm³/mol. The van der Waals surface area contributed by atoms with Crippen molar-refractivity contribution in [3.63, 3.8) is 0 Å². The molecule has 0 aromatic rings. The molecule has 2 aliphatic carbocycles. The highest BCUT2D eigenvalue weighted by Gasteiger charge is 2.40. The summed E-state index contributed by atoms with van der Waals surface area (Å²) >= 11 is 0. The second kappa shape index (κ2) is 4.78. The second-order valence-electron chi connectivity index (χ2n) is 6.14. The van der Waals surface area contributed by atoms with Gasteiger partial charge >= 0.3 is 12.0 Å². The van der Waals surface area contributed by atoms with Crippen molar-refractivity contribution in [1.82, 2.24) is 10.6 Å². The summed E-state index contributed by atoms with van der Waals surface area (Å²) in [5.41, 5.74) is -0.193. The van der Waals surface area contributed by atoms with Crippen LogP contribution >= 0.6 is 0 Å². The average Bonchev–Trinajstić information content (AvgIpc) is 3.08. The summed E-state index contributed by atoms with van der Waals surface area (Å²) in [6.45, 7) is 4.04. The maximum Gasteiger partial charge on any atom is 0.315 e. The van der Waals surface area contributed by atoms with Gasteiger partial charge in [-0.1, -0.05) is 0 Å². The number of hydrogen-bond acceptors (Lipinski definition) is 2. The lowest BCUT2D eigenvalue weighted by Crippen LogP contribution is -2.52. The molecule has 18 heavy (non-hydrogen) atoms. The van der Waals surface area contributed by atoms with Gasteiger partial charge in [0.25, 0.3) is 0 Å². The molecule has 0 heterocycles. The minimum Gasteiger partial charge on any atom is -0.481 e. The molecule has 1 atom stereocenters. The molecule has 3 N–H and O–H groups in total. The van der Waals surface area contributed by atoms with E-state index in [0.29, 0.717) is 11.8 Å². The van der Waals surface area contributed by atoms with E-state index in [9.17, 15) is 9.59 Å². The standard InChI is InChI=1S/C13H22N2O3/c1-13(2,9-5-6-9)15-12(18)14-10(7-11(16)17)8-3-4-8/h8-10H,3-7H2,1-2H3,(H,16,17)(H2,14,15,18). The Morgan fingerprint density at radius 1 is 1.28 bits per heavy atom. The van der Waals surface area contributed by atoms with Gasteiger partial charge in [0.1, 0.15) is 0 Å². The van der Waals surface area contributed by atoms with Crippen molar-refractivity contribution < 1.29 is 14.7 Å². The van der Waals surface area contributed by atoms with E-state index in [0.717, 1.165) is 25.7 Å². The van der Waals surface area contributed by atoms with E-state index in [2.05, 4.69) is 10.6 Å². The van der Waals surface area contributed by atoms with Crippen LogP contribution in [0.5, 0.6) is 0 Å². The number of hydrogen-bond donors (Lipinski definition) is 3. The Bertz CT molecular complexity index is 346. The van der Waals surface area contributed by atoms with Crippen molar-refractivity contribution in [2.45, 2.75) is 57.5 Å². The summed E-state index contributed by atoms with van der Waals surface area (Å²) < 4.78 is 0. The molecule has 0 spiro atoms. The van der Waals surface area contributed by atoms with E-state index < -0.39 is 5.97 Å². The maximum absolute atomic E-state index is 11.9. The van der Waals surface area contributed by atoms with Crippen LogP contribution in [0, 0.1) is 11.8 Å². The third kappa shape index (κ3) is 3.62. The van der Waals surface area contributed by atoms with E-state index in [4.69, 9.17) is 5.11 Å². The Morgan fingerprint density at radius 3 is 2.33 bits per heavy atom. The zero-order valence-electron chi connectivity index (χ0n) is 11.0. The van der Waals surface area contributed by atoms with Crippen LogP contribution in [0.3, 0.4) is 0 Å². The van der Waals surface area contributed by atoms with Crippen molar-refractivity contribution in [3.05, 3.63) is 0 Å². The van der Waals surface area contributed by atoms with E-state index in [1.807, 2.05) is 13.8 Å². The molecule has 1 unspecified atom stereocenters. The van der Waals surface area contributed by atoms with Crippen molar-refractivity contribution >= 4 is 12.0 Å². The van der Waals surface area contributed by atoms with Gasteiger partial charge in [-0.2, -0.15) is 0 Å². The van der Waals surface area contributed by atoms with Crippen LogP contribution < -0.4 is 10.6 Å².